The molecule has 1 aromatic carbocycles. The van der Waals surface area contributed by atoms with E-state index in [2.05, 4.69) is 32.0 Å². The van der Waals surface area contributed by atoms with Gasteiger partial charge in [0.1, 0.15) is 6.54 Å². The van der Waals surface area contributed by atoms with Crippen LogP contribution < -0.4 is 15.0 Å². The molecule has 1 saturated heterocycles. The first-order valence-electron chi connectivity index (χ1n) is 8.11. The van der Waals surface area contributed by atoms with Crippen LogP contribution in [0.25, 0.3) is 11.2 Å². The molecule has 0 radical (unpaired) electrons. The van der Waals surface area contributed by atoms with Gasteiger partial charge in [0.05, 0.1) is 0 Å². The first-order chi connectivity index (χ1) is 11.3. The van der Waals surface area contributed by atoms with Crippen molar-refractivity contribution in [3.63, 3.8) is 0 Å². The summed E-state index contributed by atoms with van der Waals surface area (Å²) < 4.78 is 1.91. The van der Waals surface area contributed by atoms with E-state index >= 15 is 0 Å². The van der Waals surface area contributed by atoms with E-state index in [4.69, 9.17) is 0 Å². The molecule has 0 spiro atoms. The van der Waals surface area contributed by atoms with Gasteiger partial charge in [-0.25, -0.2) is 9.55 Å². The topological polar surface area (TPSA) is 68.7 Å². The second-order valence-electron chi connectivity index (χ2n) is 6.02. The molecule has 6 nitrogen and oxygen atoms in total. The second-order valence-corrected chi connectivity index (χ2v) is 6.02. The molecule has 1 fully saturated rings. The lowest BCUT2D eigenvalue weighted by atomic mass is 10.1. The van der Waals surface area contributed by atoms with Crippen molar-refractivity contribution in [2.45, 2.75) is 25.8 Å². The Labute approximate surface area is 133 Å². The molecule has 0 bridgehead atoms. The van der Waals surface area contributed by atoms with Crippen LogP contribution >= 0.6 is 0 Å². The predicted octanol–water partition coefficient (Wildman–Crippen LogP) is 1.58. The molecule has 2 aromatic heterocycles. The molecule has 4 rings (SSSR count). The van der Waals surface area contributed by atoms with Gasteiger partial charge in [-0.3, -0.25) is 9.78 Å². The maximum absolute atomic E-state index is 12.6. The van der Waals surface area contributed by atoms with Crippen LogP contribution in [0.5, 0.6) is 0 Å². The number of hydrogen-bond donors (Lipinski definition) is 2. The number of imidazole rings is 1. The van der Waals surface area contributed by atoms with Crippen molar-refractivity contribution in [1.82, 2.24) is 15.0 Å². The Bertz CT molecular complexity index is 862. The lowest BCUT2D eigenvalue weighted by molar-refractivity contribution is -0.662. The van der Waals surface area contributed by atoms with Crippen molar-refractivity contribution < 1.29 is 4.57 Å². The van der Waals surface area contributed by atoms with Crippen LogP contribution in [0.2, 0.25) is 0 Å². The summed E-state index contributed by atoms with van der Waals surface area (Å²) in [6, 6.07) is 10.1. The third-order valence-electron chi connectivity index (χ3n) is 4.38. The number of hydrogen-bond acceptors (Lipinski definition) is 3. The normalized spacial score (nSPS) is 15.2. The fourth-order valence-corrected chi connectivity index (χ4v) is 3.19. The molecule has 3 aromatic rings. The number of aromatic amines is 2. The minimum Gasteiger partial charge on any atom is -0.342 e. The first kappa shape index (κ1) is 14.0. The maximum atomic E-state index is 12.6. The number of piperidine rings is 1. The van der Waals surface area contributed by atoms with Crippen molar-refractivity contribution in [3.8, 4) is 0 Å². The van der Waals surface area contributed by atoms with E-state index in [0.29, 0.717) is 23.7 Å². The largest absolute Gasteiger partial charge is 0.342 e. The number of rotatable bonds is 3. The molecular weight excluding hydrogens is 290 g/mol. The Hall–Kier alpha value is -2.63. The van der Waals surface area contributed by atoms with E-state index in [0.717, 1.165) is 31.5 Å². The molecule has 23 heavy (non-hydrogen) atoms. The molecule has 0 atom stereocenters. The standard InChI is InChI=1S/C17H19N5O/c23-16-14-15(19-17(20-16)21-9-5-2-6-10-21)18-12-22(14)11-13-7-3-1-4-8-13/h1,3-4,7-8,12H,2,5-6,9-11H2,(H,19,20,23)/p+1. The zero-order valence-corrected chi connectivity index (χ0v) is 13.0. The van der Waals surface area contributed by atoms with E-state index in [1.165, 1.54) is 6.42 Å². The van der Waals surface area contributed by atoms with E-state index < -0.39 is 0 Å². The number of fused-ring (bicyclic) bond motifs is 1. The fourth-order valence-electron chi connectivity index (χ4n) is 3.19. The van der Waals surface area contributed by atoms with E-state index in [-0.39, 0.29) is 5.56 Å². The van der Waals surface area contributed by atoms with Gasteiger partial charge >= 0.3 is 5.56 Å². The van der Waals surface area contributed by atoms with Gasteiger partial charge in [0, 0.05) is 13.1 Å². The SMILES string of the molecule is O=c1[nH]c(N2CCCCC2)nc2[nH]c[n+](Cc3ccccc3)c12. The zero-order chi connectivity index (χ0) is 15.6. The third-order valence-corrected chi connectivity index (χ3v) is 4.38. The summed E-state index contributed by atoms with van der Waals surface area (Å²) in [6.07, 6.45) is 5.38. The number of nitrogens with one attached hydrogen (secondary N) is 2. The van der Waals surface area contributed by atoms with Gasteiger partial charge in [-0.2, -0.15) is 4.98 Å². The average Bonchev–Trinajstić information content (AvgIpc) is 3.00. The van der Waals surface area contributed by atoms with Gasteiger partial charge in [-0.1, -0.05) is 30.3 Å². The summed E-state index contributed by atoms with van der Waals surface area (Å²) in [5, 5.41) is 0. The van der Waals surface area contributed by atoms with Gasteiger partial charge in [-0.05, 0) is 24.8 Å². The minimum atomic E-state index is -0.0900. The van der Waals surface area contributed by atoms with Gasteiger partial charge < -0.3 is 4.90 Å². The highest BCUT2D eigenvalue weighted by molar-refractivity contribution is 5.66. The predicted molar refractivity (Wildman–Crippen MR) is 88.5 cm³/mol. The molecule has 0 unspecified atom stereocenters. The smallest absolute Gasteiger partial charge is 0.304 e. The molecule has 0 amide bonds. The molecule has 2 N–H and O–H groups in total. The van der Waals surface area contributed by atoms with Crippen LogP contribution in [0.15, 0.2) is 41.5 Å². The van der Waals surface area contributed by atoms with Crippen LogP contribution in [-0.4, -0.2) is 28.0 Å². The Morgan fingerprint density at radius 3 is 2.70 bits per heavy atom. The molecule has 0 saturated carbocycles. The summed E-state index contributed by atoms with van der Waals surface area (Å²) in [5.74, 6) is 0.677. The lowest BCUT2D eigenvalue weighted by Crippen LogP contribution is -2.38. The highest BCUT2D eigenvalue weighted by atomic mass is 16.1. The molecule has 6 heteroatoms. The molecule has 118 valence electrons. The summed E-state index contributed by atoms with van der Waals surface area (Å²) in [6.45, 7) is 2.56. The Balaban J connectivity index is 1.71. The van der Waals surface area contributed by atoms with Crippen LogP contribution in [0.3, 0.4) is 0 Å². The van der Waals surface area contributed by atoms with Crippen LogP contribution in [0.1, 0.15) is 24.8 Å². The highest BCUT2D eigenvalue weighted by Gasteiger charge is 2.20. The number of benzene rings is 1. The number of anilines is 1. The zero-order valence-electron chi connectivity index (χ0n) is 13.0. The Kier molecular flexibility index (Phi) is 3.57. The summed E-state index contributed by atoms with van der Waals surface area (Å²) in [4.78, 5) is 25.4. The van der Waals surface area contributed by atoms with Crippen molar-refractivity contribution in [3.05, 3.63) is 52.6 Å². The molecular formula is C17H20N5O+. The van der Waals surface area contributed by atoms with Gasteiger partial charge in [-0.15, -0.1) is 0 Å². The molecule has 3 heterocycles. The number of nitrogens with zero attached hydrogens (tertiary/aromatic N) is 3. The van der Waals surface area contributed by atoms with Gasteiger partial charge in [0.2, 0.25) is 12.3 Å². The molecule has 1 aliphatic heterocycles. The highest BCUT2D eigenvalue weighted by Crippen LogP contribution is 2.15. The second kappa shape index (κ2) is 5.87. The fraction of sp³-hybridized carbons (Fsp3) is 0.353. The van der Waals surface area contributed by atoms with Crippen molar-refractivity contribution in [2.24, 2.45) is 0 Å². The van der Waals surface area contributed by atoms with Crippen molar-refractivity contribution in [1.29, 1.82) is 0 Å². The van der Waals surface area contributed by atoms with E-state index in [9.17, 15) is 4.79 Å². The van der Waals surface area contributed by atoms with Crippen molar-refractivity contribution >= 4 is 17.1 Å². The lowest BCUT2D eigenvalue weighted by Gasteiger charge is -2.26. The third kappa shape index (κ3) is 2.72. The first-order valence-corrected chi connectivity index (χ1v) is 8.11. The van der Waals surface area contributed by atoms with Crippen LogP contribution in [0, 0.1) is 0 Å². The quantitative estimate of drug-likeness (QED) is 0.722. The maximum Gasteiger partial charge on any atom is 0.304 e. The Morgan fingerprint density at radius 1 is 1.13 bits per heavy atom. The van der Waals surface area contributed by atoms with Gasteiger partial charge in [0.25, 0.3) is 11.2 Å². The van der Waals surface area contributed by atoms with Crippen LogP contribution in [0.4, 0.5) is 5.95 Å². The number of aromatic nitrogens is 4. The van der Waals surface area contributed by atoms with E-state index in [1.54, 1.807) is 0 Å². The minimum absolute atomic E-state index is 0.0900. The molecule has 0 aliphatic carbocycles. The summed E-state index contributed by atoms with van der Waals surface area (Å²) in [5.41, 5.74) is 2.30. The van der Waals surface area contributed by atoms with Gasteiger partial charge in [0.15, 0.2) is 0 Å². The number of H-pyrrole nitrogens is 2. The Morgan fingerprint density at radius 2 is 1.91 bits per heavy atom. The van der Waals surface area contributed by atoms with E-state index in [1.807, 2.05) is 29.1 Å². The van der Waals surface area contributed by atoms with Crippen molar-refractivity contribution in [2.75, 3.05) is 18.0 Å². The summed E-state index contributed by atoms with van der Waals surface area (Å²) >= 11 is 0. The molecule has 1 aliphatic rings. The average molecular weight is 310 g/mol. The van der Waals surface area contributed by atoms with Crippen LogP contribution in [-0.2, 0) is 6.54 Å². The summed E-state index contributed by atoms with van der Waals surface area (Å²) in [7, 11) is 0. The monoisotopic (exact) mass is 310 g/mol.